The van der Waals surface area contributed by atoms with Crippen LogP contribution in [0.3, 0.4) is 0 Å². The number of aryl methyl sites for hydroxylation is 2. The third-order valence-electron chi connectivity index (χ3n) is 2.74. The summed E-state index contributed by atoms with van der Waals surface area (Å²) in [5, 5.41) is 9.29. The van der Waals surface area contributed by atoms with E-state index in [0.717, 1.165) is 11.2 Å². The van der Waals surface area contributed by atoms with Crippen LogP contribution >= 0.6 is 0 Å². The first-order valence-electron chi connectivity index (χ1n) is 4.84. The lowest BCUT2D eigenvalue weighted by Crippen LogP contribution is -2.10. The van der Waals surface area contributed by atoms with Gasteiger partial charge >= 0.3 is 5.97 Å². The Kier molecular flexibility index (Phi) is 2.27. The maximum absolute atomic E-state index is 11.7. The van der Waals surface area contributed by atoms with E-state index in [1.165, 1.54) is 18.2 Å². The van der Waals surface area contributed by atoms with Gasteiger partial charge in [-0.15, -0.1) is 0 Å². The standard InChI is InChI=1S/C12H11NO3/c1-7-5-11(14)9-6-8(12(15)16)3-4-10(9)13(7)2/h3-6H,1-2H3,(H,15,16). The van der Waals surface area contributed by atoms with Gasteiger partial charge in [0.2, 0.25) is 0 Å². The van der Waals surface area contributed by atoms with Crippen LogP contribution in [0.25, 0.3) is 10.9 Å². The SMILES string of the molecule is Cc1cc(=O)c2cc(C(=O)O)ccc2n1C. The minimum absolute atomic E-state index is 0.133. The van der Waals surface area contributed by atoms with Crippen molar-refractivity contribution in [3.8, 4) is 0 Å². The largest absolute Gasteiger partial charge is 0.478 e. The molecule has 0 amide bonds. The van der Waals surface area contributed by atoms with Gasteiger partial charge in [-0.2, -0.15) is 0 Å². The van der Waals surface area contributed by atoms with E-state index in [9.17, 15) is 9.59 Å². The van der Waals surface area contributed by atoms with Crippen molar-refractivity contribution in [2.45, 2.75) is 6.92 Å². The van der Waals surface area contributed by atoms with E-state index in [2.05, 4.69) is 0 Å². The average molecular weight is 217 g/mol. The lowest BCUT2D eigenvalue weighted by molar-refractivity contribution is 0.0697. The molecular formula is C12H11NO3. The number of fused-ring (bicyclic) bond motifs is 1. The zero-order valence-electron chi connectivity index (χ0n) is 9.02. The minimum atomic E-state index is -1.02. The fraction of sp³-hybridized carbons (Fsp3) is 0.167. The van der Waals surface area contributed by atoms with Crippen LogP contribution in [-0.2, 0) is 7.05 Å². The van der Waals surface area contributed by atoms with Crippen LogP contribution in [0, 0.1) is 6.92 Å². The fourth-order valence-electron chi connectivity index (χ4n) is 1.71. The highest BCUT2D eigenvalue weighted by atomic mass is 16.4. The molecule has 0 aliphatic heterocycles. The summed E-state index contributed by atoms with van der Waals surface area (Å²) in [6.45, 7) is 1.84. The van der Waals surface area contributed by atoms with Crippen LogP contribution < -0.4 is 5.43 Å². The minimum Gasteiger partial charge on any atom is -0.478 e. The van der Waals surface area contributed by atoms with E-state index in [-0.39, 0.29) is 11.0 Å². The molecule has 2 aromatic rings. The molecule has 0 bridgehead atoms. The second kappa shape index (κ2) is 3.48. The van der Waals surface area contributed by atoms with E-state index >= 15 is 0 Å². The van der Waals surface area contributed by atoms with Crippen molar-refractivity contribution in [3.63, 3.8) is 0 Å². The van der Waals surface area contributed by atoms with Gasteiger partial charge in [-0.3, -0.25) is 4.79 Å². The maximum Gasteiger partial charge on any atom is 0.335 e. The van der Waals surface area contributed by atoms with Crippen LogP contribution in [0.4, 0.5) is 0 Å². The summed E-state index contributed by atoms with van der Waals surface area (Å²) in [6.07, 6.45) is 0. The predicted molar refractivity (Wildman–Crippen MR) is 60.9 cm³/mol. The number of carbonyl (C=O) groups is 1. The Morgan fingerprint density at radius 1 is 1.31 bits per heavy atom. The summed E-state index contributed by atoms with van der Waals surface area (Å²) in [6, 6.07) is 6.09. The number of nitrogens with zero attached hydrogens (tertiary/aromatic N) is 1. The molecule has 0 spiro atoms. The van der Waals surface area contributed by atoms with Crippen LogP contribution in [0.2, 0.25) is 0 Å². The molecule has 0 fully saturated rings. The molecular weight excluding hydrogens is 206 g/mol. The first-order valence-corrected chi connectivity index (χ1v) is 4.84. The molecule has 0 saturated carbocycles. The molecule has 0 radical (unpaired) electrons. The number of carboxylic acids is 1. The van der Waals surface area contributed by atoms with Gasteiger partial charge in [-0.05, 0) is 25.1 Å². The van der Waals surface area contributed by atoms with Crippen molar-refractivity contribution in [2.24, 2.45) is 7.05 Å². The molecule has 0 saturated heterocycles. The number of benzene rings is 1. The Morgan fingerprint density at radius 3 is 2.62 bits per heavy atom. The van der Waals surface area contributed by atoms with Crippen molar-refractivity contribution in [3.05, 3.63) is 45.7 Å². The summed E-state index contributed by atoms with van der Waals surface area (Å²) in [7, 11) is 1.84. The molecule has 4 heteroatoms. The van der Waals surface area contributed by atoms with Crippen molar-refractivity contribution in [2.75, 3.05) is 0 Å². The predicted octanol–water partition coefficient (Wildman–Crippen LogP) is 1.55. The Morgan fingerprint density at radius 2 is 2.00 bits per heavy atom. The van der Waals surface area contributed by atoms with Gasteiger partial charge in [0.1, 0.15) is 0 Å². The van der Waals surface area contributed by atoms with Gasteiger partial charge < -0.3 is 9.67 Å². The van der Waals surface area contributed by atoms with Gasteiger partial charge in [0.15, 0.2) is 5.43 Å². The van der Waals surface area contributed by atoms with Gasteiger partial charge in [-0.1, -0.05) is 0 Å². The second-order valence-electron chi connectivity index (χ2n) is 3.75. The smallest absolute Gasteiger partial charge is 0.335 e. The van der Waals surface area contributed by atoms with Gasteiger partial charge in [-0.25, -0.2) is 4.79 Å². The summed E-state index contributed by atoms with van der Waals surface area (Å²) >= 11 is 0. The number of aromatic carboxylic acids is 1. The second-order valence-corrected chi connectivity index (χ2v) is 3.75. The quantitative estimate of drug-likeness (QED) is 0.788. The van der Waals surface area contributed by atoms with Crippen molar-refractivity contribution in [1.82, 2.24) is 4.57 Å². The highest BCUT2D eigenvalue weighted by Crippen LogP contribution is 2.13. The molecule has 0 aliphatic carbocycles. The van der Waals surface area contributed by atoms with Gasteiger partial charge in [0.05, 0.1) is 11.1 Å². The molecule has 1 heterocycles. The molecule has 0 unspecified atom stereocenters. The molecule has 0 aliphatic rings. The Hall–Kier alpha value is -2.10. The Labute approximate surface area is 91.8 Å². The molecule has 82 valence electrons. The summed E-state index contributed by atoms with van der Waals surface area (Å²) in [5.41, 5.74) is 1.58. The number of aromatic nitrogens is 1. The molecule has 1 aromatic heterocycles. The summed E-state index contributed by atoms with van der Waals surface area (Å²) < 4.78 is 1.86. The molecule has 2 rings (SSSR count). The topological polar surface area (TPSA) is 59.3 Å². The first-order chi connectivity index (χ1) is 7.50. The zero-order chi connectivity index (χ0) is 11.9. The van der Waals surface area contributed by atoms with E-state index in [4.69, 9.17) is 5.11 Å². The fourth-order valence-corrected chi connectivity index (χ4v) is 1.71. The molecule has 16 heavy (non-hydrogen) atoms. The van der Waals surface area contributed by atoms with Gasteiger partial charge in [0, 0.05) is 24.2 Å². The lowest BCUT2D eigenvalue weighted by Gasteiger charge is -2.08. The lowest BCUT2D eigenvalue weighted by atomic mass is 10.1. The van der Waals surface area contributed by atoms with Crippen molar-refractivity contribution >= 4 is 16.9 Å². The Bertz CT molecular complexity index is 640. The van der Waals surface area contributed by atoms with Crippen LogP contribution in [-0.4, -0.2) is 15.6 Å². The monoisotopic (exact) mass is 217 g/mol. The highest BCUT2D eigenvalue weighted by molar-refractivity contribution is 5.93. The highest BCUT2D eigenvalue weighted by Gasteiger charge is 2.08. The van der Waals surface area contributed by atoms with Crippen molar-refractivity contribution in [1.29, 1.82) is 0 Å². The van der Waals surface area contributed by atoms with E-state index < -0.39 is 5.97 Å². The first kappa shape index (κ1) is 10.4. The number of carboxylic acid groups (broad SMARTS) is 1. The zero-order valence-corrected chi connectivity index (χ0v) is 9.02. The third kappa shape index (κ3) is 1.48. The molecule has 1 aromatic carbocycles. The van der Waals surface area contributed by atoms with Crippen LogP contribution in [0.1, 0.15) is 16.1 Å². The van der Waals surface area contributed by atoms with Gasteiger partial charge in [0.25, 0.3) is 0 Å². The number of hydrogen-bond donors (Lipinski definition) is 1. The van der Waals surface area contributed by atoms with Crippen LogP contribution in [0.5, 0.6) is 0 Å². The van der Waals surface area contributed by atoms with E-state index in [0.29, 0.717) is 5.39 Å². The molecule has 1 N–H and O–H groups in total. The van der Waals surface area contributed by atoms with Crippen LogP contribution in [0.15, 0.2) is 29.1 Å². The maximum atomic E-state index is 11.7. The number of rotatable bonds is 1. The number of hydrogen-bond acceptors (Lipinski definition) is 2. The molecule has 4 nitrogen and oxygen atoms in total. The Balaban J connectivity index is 2.90. The summed E-state index contributed by atoms with van der Waals surface area (Å²) in [4.78, 5) is 22.5. The average Bonchev–Trinajstić information content (AvgIpc) is 2.25. The molecule has 0 atom stereocenters. The van der Waals surface area contributed by atoms with E-state index in [1.807, 2.05) is 18.5 Å². The third-order valence-corrected chi connectivity index (χ3v) is 2.74. The summed E-state index contributed by atoms with van der Waals surface area (Å²) in [5.74, 6) is -1.02. The number of pyridine rings is 1. The van der Waals surface area contributed by atoms with E-state index in [1.54, 1.807) is 6.07 Å². The normalized spacial score (nSPS) is 10.6. The van der Waals surface area contributed by atoms with Crippen molar-refractivity contribution < 1.29 is 9.90 Å².